The molecule has 0 radical (unpaired) electrons. The molecule has 1 fully saturated rings. The van der Waals surface area contributed by atoms with Gasteiger partial charge in [0, 0.05) is 30.5 Å². The normalized spacial score (nSPS) is 15.7. The lowest BCUT2D eigenvalue weighted by Gasteiger charge is -2.25. The van der Waals surface area contributed by atoms with E-state index in [0.29, 0.717) is 6.04 Å². The number of ether oxygens (including phenoxy) is 1. The van der Waals surface area contributed by atoms with E-state index in [1.807, 2.05) is 12.3 Å². The molecule has 1 aromatic rings. The van der Waals surface area contributed by atoms with Crippen LogP contribution in [0.5, 0.6) is 5.75 Å². The first-order valence-corrected chi connectivity index (χ1v) is 7.05. The molecule has 1 heterocycles. The van der Waals surface area contributed by atoms with E-state index < -0.39 is 0 Å². The van der Waals surface area contributed by atoms with Crippen LogP contribution >= 0.6 is 0 Å². The molecule has 0 aliphatic heterocycles. The zero-order chi connectivity index (χ0) is 12.8. The van der Waals surface area contributed by atoms with Gasteiger partial charge in [-0.25, -0.2) is 0 Å². The maximum Gasteiger partial charge on any atom is 0.126 e. The van der Waals surface area contributed by atoms with Crippen molar-refractivity contribution in [1.29, 1.82) is 0 Å². The van der Waals surface area contributed by atoms with Crippen molar-refractivity contribution in [3.05, 3.63) is 24.0 Å². The van der Waals surface area contributed by atoms with Crippen molar-refractivity contribution in [1.82, 2.24) is 10.3 Å². The molecule has 18 heavy (non-hydrogen) atoms. The van der Waals surface area contributed by atoms with Gasteiger partial charge in [0.15, 0.2) is 0 Å². The molecule has 1 N–H and O–H groups in total. The zero-order valence-electron chi connectivity index (χ0n) is 11.5. The molecule has 0 atom stereocenters. The van der Waals surface area contributed by atoms with Gasteiger partial charge in [-0.1, -0.05) is 33.1 Å². The quantitative estimate of drug-likeness (QED) is 0.805. The number of hydrogen-bond donors (Lipinski definition) is 1. The third kappa shape index (κ3) is 3.98. The second-order valence-electron chi connectivity index (χ2n) is 5.45. The second kappa shape index (κ2) is 6.74. The van der Waals surface area contributed by atoms with Crippen LogP contribution in [0.3, 0.4) is 0 Å². The number of aromatic nitrogens is 1. The SMILES string of the molecule is CC(C)NCc1cnccc1OCCC1CCC1. The van der Waals surface area contributed by atoms with Crippen molar-refractivity contribution in [3.63, 3.8) is 0 Å². The summed E-state index contributed by atoms with van der Waals surface area (Å²) in [6.07, 6.45) is 9.08. The van der Waals surface area contributed by atoms with Gasteiger partial charge in [0.25, 0.3) is 0 Å². The zero-order valence-corrected chi connectivity index (χ0v) is 11.5. The smallest absolute Gasteiger partial charge is 0.126 e. The van der Waals surface area contributed by atoms with Crippen LogP contribution in [0.25, 0.3) is 0 Å². The van der Waals surface area contributed by atoms with E-state index in [4.69, 9.17) is 4.74 Å². The Balaban J connectivity index is 1.81. The highest BCUT2D eigenvalue weighted by molar-refractivity contribution is 5.29. The van der Waals surface area contributed by atoms with Crippen molar-refractivity contribution in [2.75, 3.05) is 6.61 Å². The largest absolute Gasteiger partial charge is 0.493 e. The van der Waals surface area contributed by atoms with Crippen LogP contribution in [-0.4, -0.2) is 17.6 Å². The molecule has 0 amide bonds. The number of hydrogen-bond acceptors (Lipinski definition) is 3. The summed E-state index contributed by atoms with van der Waals surface area (Å²) in [6.45, 7) is 5.95. The summed E-state index contributed by atoms with van der Waals surface area (Å²) in [5.41, 5.74) is 1.15. The highest BCUT2D eigenvalue weighted by atomic mass is 16.5. The molecule has 0 bridgehead atoms. The van der Waals surface area contributed by atoms with Gasteiger partial charge in [0.2, 0.25) is 0 Å². The van der Waals surface area contributed by atoms with Crippen molar-refractivity contribution in [3.8, 4) is 5.75 Å². The van der Waals surface area contributed by atoms with Crippen molar-refractivity contribution >= 4 is 0 Å². The van der Waals surface area contributed by atoms with Gasteiger partial charge in [-0.15, -0.1) is 0 Å². The minimum Gasteiger partial charge on any atom is -0.493 e. The van der Waals surface area contributed by atoms with Crippen LogP contribution in [0.2, 0.25) is 0 Å². The highest BCUT2D eigenvalue weighted by Crippen LogP contribution is 2.29. The minimum atomic E-state index is 0.480. The van der Waals surface area contributed by atoms with Gasteiger partial charge in [-0.05, 0) is 18.4 Å². The predicted octanol–water partition coefficient (Wildman–Crippen LogP) is 3.15. The van der Waals surface area contributed by atoms with Crippen LogP contribution in [0, 0.1) is 5.92 Å². The molecule has 100 valence electrons. The Morgan fingerprint density at radius 3 is 2.94 bits per heavy atom. The first-order chi connectivity index (χ1) is 8.75. The van der Waals surface area contributed by atoms with E-state index in [0.717, 1.165) is 30.4 Å². The third-order valence-electron chi connectivity index (χ3n) is 3.57. The molecule has 0 spiro atoms. The van der Waals surface area contributed by atoms with E-state index in [1.54, 1.807) is 6.20 Å². The van der Waals surface area contributed by atoms with Crippen molar-refractivity contribution in [2.45, 2.75) is 52.1 Å². The maximum absolute atomic E-state index is 5.90. The standard InChI is InChI=1S/C15H24N2O/c1-12(2)17-11-14-10-16-8-6-15(14)18-9-7-13-4-3-5-13/h6,8,10,12-13,17H,3-5,7,9,11H2,1-2H3. The number of nitrogens with one attached hydrogen (secondary N) is 1. The summed E-state index contributed by atoms with van der Waals surface area (Å²) in [5.74, 6) is 1.89. The molecule has 3 heteroatoms. The summed E-state index contributed by atoms with van der Waals surface area (Å²) in [4.78, 5) is 4.17. The van der Waals surface area contributed by atoms with E-state index in [1.165, 1.54) is 25.7 Å². The number of nitrogens with zero attached hydrogens (tertiary/aromatic N) is 1. The Morgan fingerprint density at radius 2 is 2.28 bits per heavy atom. The Hall–Kier alpha value is -1.09. The average Bonchev–Trinajstić information content (AvgIpc) is 2.31. The van der Waals surface area contributed by atoms with E-state index >= 15 is 0 Å². The van der Waals surface area contributed by atoms with Gasteiger partial charge in [0.1, 0.15) is 5.75 Å². The molecule has 1 aliphatic carbocycles. The Kier molecular flexibility index (Phi) is 5.00. The fourth-order valence-corrected chi connectivity index (χ4v) is 2.12. The summed E-state index contributed by atoms with van der Waals surface area (Å²) < 4.78 is 5.90. The molecule has 2 rings (SSSR count). The average molecular weight is 248 g/mol. The molecule has 1 aliphatic rings. The van der Waals surface area contributed by atoms with Crippen molar-refractivity contribution < 1.29 is 4.74 Å². The lowest BCUT2D eigenvalue weighted by atomic mass is 9.83. The minimum absolute atomic E-state index is 0.480. The second-order valence-corrected chi connectivity index (χ2v) is 5.45. The Morgan fingerprint density at radius 1 is 1.44 bits per heavy atom. The lowest BCUT2D eigenvalue weighted by Crippen LogP contribution is -2.22. The molecule has 0 aromatic carbocycles. The summed E-state index contributed by atoms with van der Waals surface area (Å²) in [5, 5.41) is 3.40. The maximum atomic E-state index is 5.90. The van der Waals surface area contributed by atoms with Gasteiger partial charge < -0.3 is 10.1 Å². The first-order valence-electron chi connectivity index (χ1n) is 7.05. The Labute approximate surface area is 110 Å². The lowest BCUT2D eigenvalue weighted by molar-refractivity contribution is 0.220. The summed E-state index contributed by atoms with van der Waals surface area (Å²) in [7, 11) is 0. The van der Waals surface area contributed by atoms with Crippen LogP contribution in [0.4, 0.5) is 0 Å². The summed E-state index contributed by atoms with van der Waals surface area (Å²) >= 11 is 0. The van der Waals surface area contributed by atoms with Gasteiger partial charge in [0.05, 0.1) is 6.61 Å². The van der Waals surface area contributed by atoms with Crippen LogP contribution in [0.15, 0.2) is 18.5 Å². The molecule has 3 nitrogen and oxygen atoms in total. The molecule has 1 aromatic heterocycles. The molecule has 1 saturated carbocycles. The van der Waals surface area contributed by atoms with Crippen molar-refractivity contribution in [2.24, 2.45) is 5.92 Å². The Bertz CT molecular complexity index is 361. The van der Waals surface area contributed by atoms with Gasteiger partial charge in [-0.2, -0.15) is 0 Å². The molecular weight excluding hydrogens is 224 g/mol. The predicted molar refractivity (Wildman–Crippen MR) is 73.7 cm³/mol. The number of rotatable bonds is 7. The van der Waals surface area contributed by atoms with E-state index in [-0.39, 0.29) is 0 Å². The van der Waals surface area contributed by atoms with E-state index in [2.05, 4.69) is 24.1 Å². The van der Waals surface area contributed by atoms with Gasteiger partial charge >= 0.3 is 0 Å². The third-order valence-corrected chi connectivity index (χ3v) is 3.57. The summed E-state index contributed by atoms with van der Waals surface area (Å²) in [6, 6.07) is 2.45. The van der Waals surface area contributed by atoms with Gasteiger partial charge in [-0.3, -0.25) is 4.98 Å². The van der Waals surface area contributed by atoms with E-state index in [9.17, 15) is 0 Å². The first kappa shape index (κ1) is 13.3. The molecule has 0 unspecified atom stereocenters. The fourth-order valence-electron chi connectivity index (χ4n) is 2.12. The van der Waals surface area contributed by atoms with Crippen LogP contribution < -0.4 is 10.1 Å². The van der Waals surface area contributed by atoms with Crippen LogP contribution in [-0.2, 0) is 6.54 Å². The number of pyridine rings is 1. The topological polar surface area (TPSA) is 34.2 Å². The molecular formula is C15H24N2O. The highest BCUT2D eigenvalue weighted by Gasteiger charge is 2.17. The fraction of sp³-hybridized carbons (Fsp3) is 0.667. The molecule has 0 saturated heterocycles. The monoisotopic (exact) mass is 248 g/mol. The van der Waals surface area contributed by atoms with Crippen LogP contribution in [0.1, 0.15) is 45.1 Å².